The van der Waals surface area contributed by atoms with Crippen LogP contribution in [0.2, 0.25) is 5.02 Å². The van der Waals surface area contributed by atoms with E-state index >= 15 is 0 Å². The van der Waals surface area contributed by atoms with Crippen molar-refractivity contribution in [2.45, 2.75) is 72.0 Å². The molecule has 1 unspecified atom stereocenters. The second kappa shape index (κ2) is 13.3. The first-order valence-corrected chi connectivity index (χ1v) is 13.5. The molecule has 7 nitrogen and oxygen atoms in total. The SMILES string of the molecule is CC(=O)CCC(=O)N(C)CCOc1ccc(CN(C2CC(C(=O)O)C2)C(C)c2ccc(Cl)c(C)c2)cc1C. The normalized spacial score (nSPS) is 17.6. The molecule has 0 spiro atoms. The molecule has 0 radical (unpaired) electrons. The summed E-state index contributed by atoms with van der Waals surface area (Å²) in [6.07, 6.45) is 1.77. The van der Waals surface area contributed by atoms with Crippen molar-refractivity contribution >= 4 is 29.3 Å². The van der Waals surface area contributed by atoms with Crippen LogP contribution in [-0.2, 0) is 20.9 Å². The lowest BCUT2D eigenvalue weighted by Gasteiger charge is -2.44. The number of carboxylic acid groups (broad SMARTS) is 1. The molecule has 1 aliphatic rings. The molecule has 0 bridgehead atoms. The fraction of sp³-hybridized carbons (Fsp3) is 0.500. The number of halogens is 1. The topological polar surface area (TPSA) is 87.2 Å². The van der Waals surface area contributed by atoms with E-state index in [1.165, 1.54) is 6.92 Å². The third kappa shape index (κ3) is 7.81. The van der Waals surface area contributed by atoms with Crippen molar-refractivity contribution in [2.75, 3.05) is 20.2 Å². The number of benzene rings is 2. The molecule has 8 heteroatoms. The van der Waals surface area contributed by atoms with Gasteiger partial charge in [-0.2, -0.15) is 0 Å². The van der Waals surface area contributed by atoms with Crippen molar-refractivity contribution in [1.82, 2.24) is 9.80 Å². The Morgan fingerprint density at radius 3 is 2.39 bits per heavy atom. The first kappa shape index (κ1) is 29.7. The van der Waals surface area contributed by atoms with Crippen molar-refractivity contribution in [3.8, 4) is 5.75 Å². The Morgan fingerprint density at radius 2 is 1.79 bits per heavy atom. The average molecular weight is 543 g/mol. The number of carbonyl (C=O) groups is 3. The van der Waals surface area contributed by atoms with Crippen LogP contribution in [0.4, 0.5) is 0 Å². The Morgan fingerprint density at radius 1 is 1.08 bits per heavy atom. The first-order valence-electron chi connectivity index (χ1n) is 13.2. The van der Waals surface area contributed by atoms with E-state index in [-0.39, 0.29) is 42.5 Å². The van der Waals surface area contributed by atoms with E-state index < -0.39 is 5.97 Å². The largest absolute Gasteiger partial charge is 0.491 e. The number of amides is 1. The van der Waals surface area contributed by atoms with Gasteiger partial charge < -0.3 is 19.5 Å². The summed E-state index contributed by atoms with van der Waals surface area (Å²) < 4.78 is 5.95. The lowest BCUT2D eigenvalue weighted by molar-refractivity contribution is -0.147. The number of hydrogen-bond donors (Lipinski definition) is 1. The molecule has 206 valence electrons. The monoisotopic (exact) mass is 542 g/mol. The average Bonchev–Trinajstić information content (AvgIpc) is 2.83. The third-order valence-electron chi connectivity index (χ3n) is 7.50. The molecule has 1 fully saturated rings. The quantitative estimate of drug-likeness (QED) is 0.355. The van der Waals surface area contributed by atoms with Crippen molar-refractivity contribution in [1.29, 1.82) is 0 Å². The molecule has 2 aromatic rings. The molecule has 0 aliphatic heterocycles. The van der Waals surface area contributed by atoms with Crippen molar-refractivity contribution in [2.24, 2.45) is 5.92 Å². The number of likely N-dealkylation sites (N-methyl/N-ethyl adjacent to an activating group) is 1. The van der Waals surface area contributed by atoms with Gasteiger partial charge >= 0.3 is 5.97 Å². The van der Waals surface area contributed by atoms with Gasteiger partial charge in [0.25, 0.3) is 0 Å². The Bertz CT molecular complexity index is 1160. The number of ether oxygens (including phenoxy) is 1. The van der Waals surface area contributed by atoms with Gasteiger partial charge in [0.15, 0.2) is 0 Å². The number of aryl methyl sites for hydroxylation is 2. The molecule has 1 saturated carbocycles. The molecule has 0 saturated heterocycles. The molecule has 2 aromatic carbocycles. The van der Waals surface area contributed by atoms with Crippen LogP contribution >= 0.6 is 11.6 Å². The Balaban J connectivity index is 1.65. The minimum absolute atomic E-state index is 0.00830. The van der Waals surface area contributed by atoms with Crippen molar-refractivity contribution in [3.63, 3.8) is 0 Å². The summed E-state index contributed by atoms with van der Waals surface area (Å²) in [5, 5.41) is 10.1. The van der Waals surface area contributed by atoms with Gasteiger partial charge in [0.05, 0.1) is 12.5 Å². The van der Waals surface area contributed by atoms with Gasteiger partial charge in [0.1, 0.15) is 18.1 Å². The second-order valence-corrected chi connectivity index (χ2v) is 10.9. The van der Waals surface area contributed by atoms with Gasteiger partial charge in [-0.1, -0.05) is 35.9 Å². The number of ketones is 1. The molecule has 1 amide bonds. The Hall–Kier alpha value is -2.90. The summed E-state index contributed by atoms with van der Waals surface area (Å²) in [4.78, 5) is 38.7. The van der Waals surface area contributed by atoms with Gasteiger partial charge in [0.2, 0.25) is 5.91 Å². The zero-order chi connectivity index (χ0) is 28.0. The van der Waals surface area contributed by atoms with E-state index in [2.05, 4.69) is 24.0 Å². The second-order valence-electron chi connectivity index (χ2n) is 10.5. The lowest BCUT2D eigenvalue weighted by Crippen LogP contribution is -2.47. The summed E-state index contributed by atoms with van der Waals surface area (Å²) in [6.45, 7) is 9.13. The van der Waals surface area contributed by atoms with Gasteiger partial charge in [0, 0.05) is 43.5 Å². The fourth-order valence-electron chi connectivity index (χ4n) is 4.84. The van der Waals surface area contributed by atoms with E-state index in [0.717, 1.165) is 33.0 Å². The minimum Gasteiger partial charge on any atom is -0.491 e. The summed E-state index contributed by atoms with van der Waals surface area (Å²) >= 11 is 6.25. The molecule has 3 rings (SSSR count). The standard InChI is InChI=1S/C30H39ClN2O5/c1-19-15-24(8-9-27(19)31)22(4)33(26-16-25(17-26)30(36)37)18-23-7-10-28(20(2)14-23)38-13-12-32(5)29(35)11-6-21(3)34/h7-10,14-15,22,25-26H,6,11-13,16-18H2,1-5H3,(H,36,37). The van der Waals surface area contributed by atoms with E-state index in [9.17, 15) is 19.5 Å². The number of Topliss-reactive ketones (excluding diaryl/α,β-unsaturated/α-hetero) is 1. The molecular weight excluding hydrogens is 504 g/mol. The summed E-state index contributed by atoms with van der Waals surface area (Å²) in [5.41, 5.74) is 4.31. The van der Waals surface area contributed by atoms with Crippen LogP contribution in [-0.4, -0.2) is 58.8 Å². The highest BCUT2D eigenvalue weighted by atomic mass is 35.5. The van der Waals surface area contributed by atoms with Crippen LogP contribution < -0.4 is 4.74 Å². The number of rotatable bonds is 13. The van der Waals surface area contributed by atoms with Crippen LogP contribution in [0, 0.1) is 19.8 Å². The van der Waals surface area contributed by atoms with Crippen LogP contribution in [0.5, 0.6) is 5.75 Å². The molecule has 1 N–H and O–H groups in total. The Kier molecular flexibility index (Phi) is 10.3. The Labute approximate surface area is 230 Å². The maximum atomic E-state index is 12.1. The molecule has 1 aliphatic carbocycles. The van der Waals surface area contributed by atoms with Crippen molar-refractivity contribution in [3.05, 3.63) is 63.7 Å². The highest BCUT2D eigenvalue weighted by Gasteiger charge is 2.39. The predicted molar refractivity (Wildman–Crippen MR) is 149 cm³/mol. The van der Waals surface area contributed by atoms with Crippen LogP contribution in [0.1, 0.15) is 67.8 Å². The third-order valence-corrected chi connectivity index (χ3v) is 7.92. The van der Waals surface area contributed by atoms with E-state index in [0.29, 0.717) is 32.5 Å². The van der Waals surface area contributed by atoms with Crippen LogP contribution in [0.15, 0.2) is 36.4 Å². The van der Waals surface area contributed by atoms with Gasteiger partial charge in [-0.05, 0) is 74.9 Å². The van der Waals surface area contributed by atoms with Crippen LogP contribution in [0.3, 0.4) is 0 Å². The van der Waals surface area contributed by atoms with E-state index in [1.807, 2.05) is 38.1 Å². The maximum absolute atomic E-state index is 12.1. The highest BCUT2D eigenvalue weighted by Crippen LogP contribution is 2.38. The zero-order valence-corrected chi connectivity index (χ0v) is 23.8. The lowest BCUT2D eigenvalue weighted by atomic mass is 9.78. The first-order chi connectivity index (χ1) is 18.0. The summed E-state index contributed by atoms with van der Waals surface area (Å²) in [5.74, 6) is -0.303. The molecule has 0 heterocycles. The van der Waals surface area contributed by atoms with Crippen molar-refractivity contribution < 1.29 is 24.2 Å². The molecule has 0 aromatic heterocycles. The molecule has 38 heavy (non-hydrogen) atoms. The fourth-order valence-corrected chi connectivity index (χ4v) is 4.95. The minimum atomic E-state index is -0.722. The number of carboxylic acids is 1. The zero-order valence-electron chi connectivity index (χ0n) is 23.0. The number of hydrogen-bond acceptors (Lipinski definition) is 5. The van der Waals surface area contributed by atoms with Gasteiger partial charge in [-0.25, -0.2) is 0 Å². The summed E-state index contributed by atoms with van der Waals surface area (Å²) in [6, 6.07) is 12.5. The maximum Gasteiger partial charge on any atom is 0.306 e. The molecule has 1 atom stereocenters. The van der Waals surface area contributed by atoms with Gasteiger partial charge in [-0.15, -0.1) is 0 Å². The van der Waals surface area contributed by atoms with Gasteiger partial charge in [-0.3, -0.25) is 14.5 Å². The summed E-state index contributed by atoms with van der Waals surface area (Å²) in [7, 11) is 1.72. The van der Waals surface area contributed by atoms with E-state index in [1.54, 1.807) is 11.9 Å². The highest BCUT2D eigenvalue weighted by molar-refractivity contribution is 6.31. The van der Waals surface area contributed by atoms with E-state index in [4.69, 9.17) is 16.3 Å². The number of nitrogens with zero attached hydrogens (tertiary/aromatic N) is 2. The molecular formula is C30H39ClN2O5. The van der Waals surface area contributed by atoms with Crippen LogP contribution in [0.25, 0.3) is 0 Å². The number of aliphatic carboxylic acids is 1. The number of carbonyl (C=O) groups excluding carboxylic acids is 2. The smallest absolute Gasteiger partial charge is 0.306 e. The predicted octanol–water partition coefficient (Wildman–Crippen LogP) is 5.59.